The van der Waals surface area contributed by atoms with Crippen molar-refractivity contribution in [2.45, 2.75) is 0 Å². The molecule has 84 valence electrons. The van der Waals surface area contributed by atoms with E-state index in [2.05, 4.69) is 25.5 Å². The van der Waals surface area contributed by atoms with Crippen LogP contribution in [-0.2, 0) is 0 Å². The van der Waals surface area contributed by atoms with Gasteiger partial charge in [0.2, 0.25) is 0 Å². The molecule has 0 aromatic carbocycles. The SMILES string of the molecule is O=C(Nc1nccs1)c1n[nH]c2ccncc12. The zero-order valence-electron chi connectivity index (χ0n) is 8.54. The predicted octanol–water partition coefficient (Wildman–Crippen LogP) is 1.67. The van der Waals surface area contributed by atoms with Gasteiger partial charge in [0.05, 0.1) is 10.9 Å². The molecule has 0 atom stereocenters. The Morgan fingerprint density at radius 1 is 1.41 bits per heavy atom. The molecule has 0 bridgehead atoms. The van der Waals surface area contributed by atoms with E-state index in [9.17, 15) is 4.79 Å². The van der Waals surface area contributed by atoms with E-state index in [1.807, 2.05) is 0 Å². The molecule has 3 aromatic heterocycles. The summed E-state index contributed by atoms with van der Waals surface area (Å²) < 4.78 is 0. The minimum atomic E-state index is -0.292. The number of amides is 1. The molecule has 0 saturated heterocycles. The maximum atomic E-state index is 11.9. The third-order valence-electron chi connectivity index (χ3n) is 2.23. The summed E-state index contributed by atoms with van der Waals surface area (Å²) in [5, 5.41) is 12.5. The van der Waals surface area contributed by atoms with Crippen molar-refractivity contribution in [3.8, 4) is 0 Å². The second-order valence-electron chi connectivity index (χ2n) is 3.28. The molecule has 3 aromatic rings. The van der Waals surface area contributed by atoms with E-state index in [1.54, 1.807) is 30.0 Å². The molecule has 17 heavy (non-hydrogen) atoms. The van der Waals surface area contributed by atoms with Gasteiger partial charge in [0.25, 0.3) is 5.91 Å². The maximum absolute atomic E-state index is 11.9. The lowest BCUT2D eigenvalue weighted by Gasteiger charge is -1.97. The molecule has 0 aliphatic heterocycles. The number of aromatic amines is 1. The minimum Gasteiger partial charge on any atom is -0.296 e. The second kappa shape index (κ2) is 3.95. The molecule has 0 unspecified atom stereocenters. The lowest BCUT2D eigenvalue weighted by molar-refractivity contribution is 0.102. The van der Waals surface area contributed by atoms with Gasteiger partial charge in [0.15, 0.2) is 10.8 Å². The molecule has 0 fully saturated rings. The van der Waals surface area contributed by atoms with Crippen molar-refractivity contribution in [1.82, 2.24) is 20.2 Å². The van der Waals surface area contributed by atoms with Gasteiger partial charge in [-0.1, -0.05) is 0 Å². The number of pyridine rings is 1. The van der Waals surface area contributed by atoms with Crippen molar-refractivity contribution in [2.75, 3.05) is 5.32 Å². The third-order valence-corrected chi connectivity index (χ3v) is 2.92. The largest absolute Gasteiger partial charge is 0.296 e. The van der Waals surface area contributed by atoms with E-state index in [-0.39, 0.29) is 5.91 Å². The summed E-state index contributed by atoms with van der Waals surface area (Å²) in [5.74, 6) is -0.292. The normalized spacial score (nSPS) is 10.6. The number of H-pyrrole nitrogens is 1. The van der Waals surface area contributed by atoms with Crippen molar-refractivity contribution in [1.29, 1.82) is 0 Å². The number of fused-ring (bicyclic) bond motifs is 1. The van der Waals surface area contributed by atoms with Gasteiger partial charge in [-0.2, -0.15) is 5.10 Å². The topological polar surface area (TPSA) is 83.6 Å². The average Bonchev–Trinajstić information content (AvgIpc) is 2.96. The Morgan fingerprint density at radius 2 is 2.35 bits per heavy atom. The summed E-state index contributed by atoms with van der Waals surface area (Å²) in [6, 6.07) is 1.77. The quantitative estimate of drug-likeness (QED) is 0.719. The van der Waals surface area contributed by atoms with E-state index < -0.39 is 0 Å². The smallest absolute Gasteiger partial charge is 0.278 e. The van der Waals surface area contributed by atoms with Gasteiger partial charge in [-0.15, -0.1) is 11.3 Å². The third kappa shape index (κ3) is 1.76. The number of anilines is 1. The minimum absolute atomic E-state index is 0.292. The van der Waals surface area contributed by atoms with Crippen molar-refractivity contribution in [3.63, 3.8) is 0 Å². The summed E-state index contributed by atoms with van der Waals surface area (Å²) in [5.41, 5.74) is 1.10. The Bertz CT molecular complexity index is 660. The number of carbonyl (C=O) groups excluding carboxylic acids is 1. The zero-order valence-corrected chi connectivity index (χ0v) is 9.36. The fraction of sp³-hybridized carbons (Fsp3) is 0. The van der Waals surface area contributed by atoms with Crippen LogP contribution in [0.1, 0.15) is 10.5 Å². The van der Waals surface area contributed by atoms with Gasteiger partial charge < -0.3 is 0 Å². The number of hydrogen-bond acceptors (Lipinski definition) is 5. The molecule has 0 spiro atoms. The fourth-order valence-corrected chi connectivity index (χ4v) is 2.00. The maximum Gasteiger partial charge on any atom is 0.278 e. The number of carbonyl (C=O) groups is 1. The molecule has 1 amide bonds. The van der Waals surface area contributed by atoms with Crippen molar-refractivity contribution in [3.05, 3.63) is 35.7 Å². The van der Waals surface area contributed by atoms with Crippen LogP contribution < -0.4 is 5.32 Å². The molecule has 0 saturated carbocycles. The zero-order chi connectivity index (χ0) is 11.7. The van der Waals surface area contributed by atoms with Crippen LogP contribution in [0.15, 0.2) is 30.0 Å². The molecule has 7 heteroatoms. The fourth-order valence-electron chi connectivity index (χ4n) is 1.47. The summed E-state index contributed by atoms with van der Waals surface area (Å²) in [4.78, 5) is 19.9. The highest BCUT2D eigenvalue weighted by molar-refractivity contribution is 7.13. The molecular formula is C10H7N5OS. The predicted molar refractivity (Wildman–Crippen MR) is 64.0 cm³/mol. The number of nitrogens with zero attached hydrogens (tertiary/aromatic N) is 3. The van der Waals surface area contributed by atoms with Crippen LogP contribution in [0.25, 0.3) is 10.9 Å². The Morgan fingerprint density at radius 3 is 3.18 bits per heavy atom. The first-order chi connectivity index (χ1) is 8.34. The van der Waals surface area contributed by atoms with E-state index in [1.165, 1.54) is 11.3 Å². The van der Waals surface area contributed by atoms with Gasteiger partial charge >= 0.3 is 0 Å². The van der Waals surface area contributed by atoms with Crippen molar-refractivity contribution >= 4 is 33.3 Å². The van der Waals surface area contributed by atoms with E-state index in [4.69, 9.17) is 0 Å². The van der Waals surface area contributed by atoms with Gasteiger partial charge in [-0.05, 0) is 6.07 Å². The van der Waals surface area contributed by atoms with E-state index in [0.29, 0.717) is 16.2 Å². The van der Waals surface area contributed by atoms with Crippen LogP contribution in [-0.4, -0.2) is 26.1 Å². The van der Waals surface area contributed by atoms with Crippen LogP contribution in [0.3, 0.4) is 0 Å². The van der Waals surface area contributed by atoms with Gasteiger partial charge in [0, 0.05) is 24.0 Å². The molecule has 3 heterocycles. The van der Waals surface area contributed by atoms with Crippen molar-refractivity contribution in [2.24, 2.45) is 0 Å². The first-order valence-electron chi connectivity index (χ1n) is 4.83. The highest BCUT2D eigenvalue weighted by Gasteiger charge is 2.14. The molecule has 2 N–H and O–H groups in total. The lowest BCUT2D eigenvalue weighted by Crippen LogP contribution is -2.12. The Hall–Kier alpha value is -2.28. The average molecular weight is 245 g/mol. The van der Waals surface area contributed by atoms with Crippen LogP contribution in [0.4, 0.5) is 5.13 Å². The molecule has 3 rings (SSSR count). The van der Waals surface area contributed by atoms with Crippen LogP contribution in [0.5, 0.6) is 0 Å². The number of rotatable bonds is 2. The molecule has 0 aliphatic rings. The highest BCUT2D eigenvalue weighted by atomic mass is 32.1. The lowest BCUT2D eigenvalue weighted by atomic mass is 10.2. The van der Waals surface area contributed by atoms with Crippen LogP contribution in [0.2, 0.25) is 0 Å². The van der Waals surface area contributed by atoms with Crippen molar-refractivity contribution < 1.29 is 4.79 Å². The van der Waals surface area contributed by atoms with Gasteiger partial charge in [0.1, 0.15) is 0 Å². The summed E-state index contributed by atoms with van der Waals surface area (Å²) >= 11 is 1.36. The number of thiazole rings is 1. The van der Waals surface area contributed by atoms with Crippen LogP contribution >= 0.6 is 11.3 Å². The first kappa shape index (κ1) is 9.91. The number of nitrogens with one attached hydrogen (secondary N) is 2. The Kier molecular flexibility index (Phi) is 2.30. The van der Waals surface area contributed by atoms with E-state index >= 15 is 0 Å². The second-order valence-corrected chi connectivity index (χ2v) is 4.18. The molecular weight excluding hydrogens is 238 g/mol. The Labute approximate surface area is 99.7 Å². The van der Waals surface area contributed by atoms with Gasteiger partial charge in [-0.25, -0.2) is 4.98 Å². The molecule has 0 radical (unpaired) electrons. The van der Waals surface area contributed by atoms with Crippen LogP contribution in [0, 0.1) is 0 Å². The highest BCUT2D eigenvalue weighted by Crippen LogP contribution is 2.16. The standard InChI is InChI=1S/C10H7N5OS/c16-9(13-10-12-3-4-17-10)8-6-5-11-2-1-7(6)14-15-8/h1-5H,(H,14,15)(H,12,13,16). The first-order valence-corrected chi connectivity index (χ1v) is 5.71. The monoisotopic (exact) mass is 245 g/mol. The van der Waals surface area contributed by atoms with Gasteiger partial charge in [-0.3, -0.25) is 20.2 Å². The Balaban J connectivity index is 1.96. The molecule has 6 nitrogen and oxygen atoms in total. The number of hydrogen-bond donors (Lipinski definition) is 2. The molecule has 0 aliphatic carbocycles. The number of aromatic nitrogens is 4. The van der Waals surface area contributed by atoms with E-state index in [0.717, 1.165) is 5.52 Å². The summed E-state index contributed by atoms with van der Waals surface area (Å²) in [6.07, 6.45) is 4.88. The summed E-state index contributed by atoms with van der Waals surface area (Å²) in [6.45, 7) is 0. The summed E-state index contributed by atoms with van der Waals surface area (Å²) in [7, 11) is 0.